The molecule has 1 saturated heterocycles. The van der Waals surface area contributed by atoms with E-state index in [1.54, 1.807) is 0 Å². The van der Waals surface area contributed by atoms with E-state index >= 15 is 0 Å². The van der Waals surface area contributed by atoms with Gasteiger partial charge in [0, 0.05) is 6.54 Å². The zero-order chi connectivity index (χ0) is 12.8. The van der Waals surface area contributed by atoms with Gasteiger partial charge in [-0.25, -0.2) is 9.59 Å². The molecule has 8 nitrogen and oxygen atoms in total. The van der Waals surface area contributed by atoms with Crippen molar-refractivity contribution < 1.29 is 29.0 Å². The van der Waals surface area contributed by atoms with Gasteiger partial charge in [0.15, 0.2) is 6.10 Å². The molecule has 0 aliphatic carbocycles. The predicted octanol–water partition coefficient (Wildman–Crippen LogP) is -1.35. The summed E-state index contributed by atoms with van der Waals surface area (Å²) in [4.78, 5) is 34.3. The smallest absolute Gasteiger partial charge is 0.336 e. The van der Waals surface area contributed by atoms with Gasteiger partial charge < -0.3 is 24.8 Å². The van der Waals surface area contributed by atoms with Crippen molar-refractivity contribution in [3.63, 3.8) is 0 Å². The molecule has 2 amide bonds. The maximum absolute atomic E-state index is 11.5. The van der Waals surface area contributed by atoms with Crippen LogP contribution in [0, 0.1) is 0 Å². The van der Waals surface area contributed by atoms with E-state index in [1.165, 1.54) is 12.0 Å². The minimum atomic E-state index is -1.13. The molecule has 0 aromatic heterocycles. The van der Waals surface area contributed by atoms with E-state index in [0.717, 1.165) is 0 Å². The molecule has 0 aromatic carbocycles. The summed E-state index contributed by atoms with van der Waals surface area (Å²) in [6.07, 6.45) is -0.815. The fraction of sp³-hybridized carbons (Fsp3) is 0.667. The first-order chi connectivity index (χ1) is 8.04. The van der Waals surface area contributed by atoms with Crippen molar-refractivity contribution >= 4 is 18.0 Å². The molecule has 0 aromatic rings. The summed E-state index contributed by atoms with van der Waals surface area (Å²) in [6.45, 7) is 0.108. The monoisotopic (exact) mass is 246 g/mol. The first-order valence-electron chi connectivity index (χ1n) is 4.98. The van der Waals surface area contributed by atoms with Gasteiger partial charge in [0.1, 0.15) is 6.54 Å². The van der Waals surface area contributed by atoms with Crippen LogP contribution in [-0.4, -0.2) is 67.4 Å². The van der Waals surface area contributed by atoms with Crippen LogP contribution in [0.1, 0.15) is 0 Å². The van der Waals surface area contributed by atoms with Crippen molar-refractivity contribution in [2.75, 3.05) is 33.4 Å². The Morgan fingerprint density at radius 3 is 2.82 bits per heavy atom. The Labute approximate surface area is 97.5 Å². The number of carboxylic acids is 1. The topological polar surface area (TPSA) is 105 Å². The van der Waals surface area contributed by atoms with Crippen LogP contribution < -0.4 is 5.32 Å². The molecule has 1 aliphatic heterocycles. The highest BCUT2D eigenvalue weighted by molar-refractivity contribution is 5.81. The van der Waals surface area contributed by atoms with Crippen LogP contribution in [0.15, 0.2) is 0 Å². The highest BCUT2D eigenvalue weighted by Gasteiger charge is 2.29. The van der Waals surface area contributed by atoms with E-state index in [0.29, 0.717) is 6.54 Å². The van der Waals surface area contributed by atoms with Gasteiger partial charge in [0.2, 0.25) is 0 Å². The molecule has 2 N–H and O–H groups in total. The van der Waals surface area contributed by atoms with Gasteiger partial charge in [-0.05, 0) is 0 Å². The molecule has 1 fully saturated rings. The van der Waals surface area contributed by atoms with Crippen LogP contribution in [0.4, 0.5) is 4.79 Å². The van der Waals surface area contributed by atoms with Gasteiger partial charge >= 0.3 is 18.0 Å². The number of esters is 1. The maximum atomic E-state index is 11.5. The molecule has 0 spiro atoms. The normalized spacial score (nSPS) is 19.6. The number of urea groups is 1. The highest BCUT2D eigenvalue weighted by Crippen LogP contribution is 2.06. The highest BCUT2D eigenvalue weighted by atomic mass is 16.6. The average Bonchev–Trinajstić information content (AvgIpc) is 2.35. The third-order valence-electron chi connectivity index (χ3n) is 2.21. The molecule has 17 heavy (non-hydrogen) atoms. The van der Waals surface area contributed by atoms with E-state index in [2.05, 4.69) is 10.1 Å². The molecule has 0 saturated carbocycles. The fourth-order valence-corrected chi connectivity index (χ4v) is 1.37. The minimum Gasteiger partial charge on any atom is -0.480 e. The second-order valence-electron chi connectivity index (χ2n) is 3.38. The summed E-state index contributed by atoms with van der Waals surface area (Å²) in [7, 11) is 1.23. The Morgan fingerprint density at radius 2 is 2.24 bits per heavy atom. The zero-order valence-electron chi connectivity index (χ0n) is 9.34. The number of nitrogens with one attached hydrogen (secondary N) is 1. The van der Waals surface area contributed by atoms with Crippen molar-refractivity contribution in [1.29, 1.82) is 0 Å². The molecule has 0 bridgehead atoms. The van der Waals surface area contributed by atoms with Gasteiger partial charge in [-0.15, -0.1) is 0 Å². The summed E-state index contributed by atoms with van der Waals surface area (Å²) in [5.41, 5.74) is 0. The number of carbonyl (C=O) groups excluding carboxylic acids is 2. The standard InChI is InChI=1S/C9H14N2O6/c1-16-8(14)6-5-11(2-3-17-6)9(15)10-4-7(12)13/h6H,2-5H2,1H3,(H,10,15)(H,12,13). The largest absolute Gasteiger partial charge is 0.480 e. The van der Waals surface area contributed by atoms with Gasteiger partial charge in [0.25, 0.3) is 0 Å². The summed E-state index contributed by atoms with van der Waals surface area (Å²) in [6, 6.07) is -0.537. The van der Waals surface area contributed by atoms with Gasteiger partial charge in [-0.2, -0.15) is 0 Å². The molecular weight excluding hydrogens is 232 g/mol. The quantitative estimate of drug-likeness (QED) is 0.597. The van der Waals surface area contributed by atoms with Crippen LogP contribution in [0.5, 0.6) is 0 Å². The Kier molecular flexibility index (Phi) is 4.70. The van der Waals surface area contributed by atoms with Gasteiger partial charge in [-0.3, -0.25) is 4.79 Å². The van der Waals surface area contributed by atoms with Crippen molar-refractivity contribution in [2.24, 2.45) is 0 Å². The second-order valence-corrected chi connectivity index (χ2v) is 3.38. The predicted molar refractivity (Wildman–Crippen MR) is 54.4 cm³/mol. The number of ether oxygens (including phenoxy) is 2. The van der Waals surface area contributed by atoms with E-state index < -0.39 is 30.6 Å². The fourth-order valence-electron chi connectivity index (χ4n) is 1.37. The number of amides is 2. The van der Waals surface area contributed by atoms with Crippen molar-refractivity contribution in [1.82, 2.24) is 10.2 Å². The summed E-state index contributed by atoms with van der Waals surface area (Å²) < 4.78 is 9.62. The lowest BCUT2D eigenvalue weighted by atomic mass is 10.3. The van der Waals surface area contributed by atoms with Crippen LogP contribution in [0.25, 0.3) is 0 Å². The number of hydrogen-bond donors (Lipinski definition) is 2. The Morgan fingerprint density at radius 1 is 1.53 bits per heavy atom. The van der Waals surface area contributed by atoms with Crippen molar-refractivity contribution in [3.05, 3.63) is 0 Å². The summed E-state index contributed by atoms with van der Waals surface area (Å²) in [5.74, 6) is -1.68. The molecule has 96 valence electrons. The van der Waals surface area contributed by atoms with E-state index in [4.69, 9.17) is 9.84 Å². The molecule has 1 rings (SSSR count). The number of methoxy groups -OCH3 is 1. The number of carbonyl (C=O) groups is 3. The lowest BCUT2D eigenvalue weighted by molar-refractivity contribution is -0.158. The number of hydrogen-bond acceptors (Lipinski definition) is 5. The van der Waals surface area contributed by atoms with Crippen LogP contribution in [0.2, 0.25) is 0 Å². The molecule has 1 unspecified atom stereocenters. The van der Waals surface area contributed by atoms with E-state index in [-0.39, 0.29) is 13.2 Å². The summed E-state index contributed by atoms with van der Waals surface area (Å²) >= 11 is 0. The van der Waals surface area contributed by atoms with Crippen molar-refractivity contribution in [3.8, 4) is 0 Å². The lowest BCUT2D eigenvalue weighted by Gasteiger charge is -2.31. The molecule has 1 atom stereocenters. The number of nitrogens with zero attached hydrogens (tertiary/aromatic N) is 1. The number of rotatable bonds is 3. The van der Waals surface area contributed by atoms with Gasteiger partial charge in [-0.1, -0.05) is 0 Å². The van der Waals surface area contributed by atoms with Crippen molar-refractivity contribution in [2.45, 2.75) is 6.10 Å². The number of morpholine rings is 1. The Bertz CT molecular complexity index is 319. The first kappa shape index (κ1) is 13.2. The second kappa shape index (κ2) is 6.04. The molecular formula is C9H14N2O6. The Balaban J connectivity index is 2.45. The van der Waals surface area contributed by atoms with Crippen LogP contribution in [0.3, 0.4) is 0 Å². The lowest BCUT2D eigenvalue weighted by Crippen LogP contribution is -2.52. The van der Waals surface area contributed by atoms with Crippen LogP contribution >= 0.6 is 0 Å². The molecule has 0 radical (unpaired) electrons. The van der Waals surface area contributed by atoms with E-state index in [1.807, 2.05) is 0 Å². The Hall–Kier alpha value is -1.83. The maximum Gasteiger partial charge on any atom is 0.336 e. The summed E-state index contributed by atoms with van der Waals surface area (Å²) in [5, 5.41) is 10.6. The van der Waals surface area contributed by atoms with Gasteiger partial charge in [0.05, 0.1) is 20.3 Å². The molecule has 1 aliphatic rings. The minimum absolute atomic E-state index is 0.0537. The third kappa shape index (κ3) is 3.91. The van der Waals surface area contributed by atoms with E-state index in [9.17, 15) is 14.4 Å². The molecule has 1 heterocycles. The third-order valence-corrected chi connectivity index (χ3v) is 2.21. The number of carboxylic acid groups (broad SMARTS) is 1. The SMILES string of the molecule is COC(=O)C1CN(C(=O)NCC(=O)O)CCO1. The zero-order valence-corrected chi connectivity index (χ0v) is 9.34. The molecule has 8 heteroatoms. The number of aliphatic carboxylic acids is 1. The average molecular weight is 246 g/mol. The van der Waals surface area contributed by atoms with Crippen LogP contribution in [-0.2, 0) is 19.1 Å². The first-order valence-corrected chi connectivity index (χ1v) is 4.98.